The number of ether oxygens (including phenoxy) is 1. The maximum atomic E-state index is 12.1. The molecule has 0 saturated heterocycles. The summed E-state index contributed by atoms with van der Waals surface area (Å²) in [5.41, 5.74) is 2.31. The van der Waals surface area contributed by atoms with E-state index >= 15 is 0 Å². The Morgan fingerprint density at radius 3 is 2.47 bits per heavy atom. The molecule has 0 saturated carbocycles. The van der Waals surface area contributed by atoms with E-state index in [4.69, 9.17) is 0 Å². The van der Waals surface area contributed by atoms with Crippen molar-refractivity contribution in [3.63, 3.8) is 0 Å². The smallest absolute Gasteiger partial charge is 0.387 e. The van der Waals surface area contributed by atoms with E-state index in [1.807, 2.05) is 24.6 Å². The summed E-state index contributed by atoms with van der Waals surface area (Å²) in [4.78, 5) is 0. The highest BCUT2D eigenvalue weighted by Crippen LogP contribution is 2.22. The number of likely N-dealkylation sites (N-methyl/N-ethyl adjacent to an activating group) is 1. The van der Waals surface area contributed by atoms with Crippen molar-refractivity contribution in [2.24, 2.45) is 0 Å². The normalized spacial score (nSPS) is 12.6. The van der Waals surface area contributed by atoms with Gasteiger partial charge >= 0.3 is 6.61 Å². The predicted octanol–water partition coefficient (Wildman–Crippen LogP) is 3.85. The molecule has 0 bridgehead atoms. The van der Waals surface area contributed by atoms with Crippen molar-refractivity contribution in [3.05, 3.63) is 52.2 Å². The molecular weight excluding hydrogens is 268 g/mol. The first-order valence-corrected chi connectivity index (χ1v) is 6.86. The van der Waals surface area contributed by atoms with Crippen LogP contribution in [0.4, 0.5) is 8.78 Å². The van der Waals surface area contributed by atoms with E-state index in [1.165, 1.54) is 5.56 Å². The maximum absolute atomic E-state index is 12.1. The summed E-state index contributed by atoms with van der Waals surface area (Å²) in [5.74, 6) is 0.184. The second-order valence-electron chi connectivity index (χ2n) is 4.12. The van der Waals surface area contributed by atoms with Gasteiger partial charge in [-0.05, 0) is 53.6 Å². The van der Waals surface area contributed by atoms with Crippen LogP contribution in [0.3, 0.4) is 0 Å². The minimum Gasteiger partial charge on any atom is -0.435 e. The molecule has 1 aromatic carbocycles. The third-order valence-corrected chi connectivity index (χ3v) is 3.61. The predicted molar refractivity (Wildman–Crippen MR) is 72.9 cm³/mol. The van der Waals surface area contributed by atoms with Crippen molar-refractivity contribution in [3.8, 4) is 5.75 Å². The Morgan fingerprint density at radius 1 is 1.21 bits per heavy atom. The third kappa shape index (κ3) is 4.01. The Balaban J connectivity index is 2.06. The number of halogens is 2. The molecule has 0 aliphatic rings. The van der Waals surface area contributed by atoms with Crippen LogP contribution in [-0.4, -0.2) is 13.7 Å². The van der Waals surface area contributed by atoms with Crippen LogP contribution in [-0.2, 0) is 6.42 Å². The van der Waals surface area contributed by atoms with Crippen molar-refractivity contribution < 1.29 is 13.5 Å². The van der Waals surface area contributed by atoms with Gasteiger partial charge in [0, 0.05) is 6.04 Å². The molecule has 0 amide bonds. The van der Waals surface area contributed by atoms with Crippen LogP contribution in [0.1, 0.15) is 17.2 Å². The number of alkyl halides is 2. The summed E-state index contributed by atoms with van der Waals surface area (Å²) in [6, 6.07) is 9.01. The van der Waals surface area contributed by atoms with Crippen LogP contribution in [0.15, 0.2) is 41.1 Å². The van der Waals surface area contributed by atoms with E-state index in [0.29, 0.717) is 0 Å². The lowest BCUT2D eigenvalue weighted by Crippen LogP contribution is -2.18. The lowest BCUT2D eigenvalue weighted by molar-refractivity contribution is -0.0498. The highest BCUT2D eigenvalue weighted by atomic mass is 32.1. The quantitative estimate of drug-likeness (QED) is 0.869. The maximum Gasteiger partial charge on any atom is 0.387 e. The van der Waals surface area contributed by atoms with Crippen molar-refractivity contribution in [2.75, 3.05) is 7.05 Å². The summed E-state index contributed by atoms with van der Waals surface area (Å²) < 4.78 is 28.5. The molecule has 1 aromatic heterocycles. The van der Waals surface area contributed by atoms with Crippen molar-refractivity contribution in [1.82, 2.24) is 5.32 Å². The lowest BCUT2D eigenvalue weighted by atomic mass is 10.0. The fourth-order valence-electron chi connectivity index (χ4n) is 1.91. The Hall–Kier alpha value is -1.46. The molecule has 0 fully saturated rings. The zero-order valence-corrected chi connectivity index (χ0v) is 11.3. The van der Waals surface area contributed by atoms with Crippen LogP contribution < -0.4 is 10.1 Å². The number of thiophene rings is 1. The van der Waals surface area contributed by atoms with Crippen LogP contribution in [0.5, 0.6) is 5.75 Å². The van der Waals surface area contributed by atoms with E-state index in [0.717, 1.165) is 12.0 Å². The van der Waals surface area contributed by atoms with Gasteiger partial charge in [-0.1, -0.05) is 12.1 Å². The number of hydrogen-bond acceptors (Lipinski definition) is 3. The summed E-state index contributed by atoms with van der Waals surface area (Å²) in [6.45, 7) is -2.78. The standard InChI is InChI=1S/C14H15F2NOS/c1-17-13(8-10-6-7-19-9-10)11-2-4-12(5-3-11)18-14(15)16/h2-7,9,13-14,17H,8H2,1H3. The first-order valence-electron chi connectivity index (χ1n) is 5.92. The van der Waals surface area contributed by atoms with E-state index in [2.05, 4.69) is 21.5 Å². The fraction of sp³-hybridized carbons (Fsp3) is 0.286. The molecule has 19 heavy (non-hydrogen) atoms. The van der Waals surface area contributed by atoms with E-state index in [1.54, 1.807) is 23.5 Å². The monoisotopic (exact) mass is 283 g/mol. The van der Waals surface area contributed by atoms with Crippen LogP contribution in [0.25, 0.3) is 0 Å². The second-order valence-corrected chi connectivity index (χ2v) is 4.90. The average molecular weight is 283 g/mol. The number of hydrogen-bond donors (Lipinski definition) is 1. The zero-order chi connectivity index (χ0) is 13.7. The molecule has 102 valence electrons. The molecule has 2 aromatic rings. The average Bonchev–Trinajstić information content (AvgIpc) is 2.89. The van der Waals surface area contributed by atoms with Crippen LogP contribution in [0.2, 0.25) is 0 Å². The lowest BCUT2D eigenvalue weighted by Gasteiger charge is -2.16. The molecule has 2 rings (SSSR count). The molecule has 1 N–H and O–H groups in total. The van der Waals surface area contributed by atoms with Gasteiger partial charge in [-0.15, -0.1) is 0 Å². The van der Waals surface area contributed by atoms with Gasteiger partial charge in [-0.3, -0.25) is 0 Å². The summed E-state index contributed by atoms with van der Waals surface area (Å²) in [5, 5.41) is 7.39. The van der Waals surface area contributed by atoms with Crippen molar-refractivity contribution >= 4 is 11.3 Å². The van der Waals surface area contributed by atoms with Crippen LogP contribution in [0, 0.1) is 0 Å². The van der Waals surface area contributed by atoms with Gasteiger partial charge in [-0.25, -0.2) is 0 Å². The largest absolute Gasteiger partial charge is 0.435 e. The van der Waals surface area contributed by atoms with Gasteiger partial charge in [-0.2, -0.15) is 20.1 Å². The topological polar surface area (TPSA) is 21.3 Å². The highest BCUT2D eigenvalue weighted by molar-refractivity contribution is 7.07. The first-order chi connectivity index (χ1) is 9.19. The minimum atomic E-state index is -2.78. The van der Waals surface area contributed by atoms with Crippen LogP contribution >= 0.6 is 11.3 Å². The van der Waals surface area contributed by atoms with E-state index in [-0.39, 0.29) is 11.8 Å². The van der Waals surface area contributed by atoms with Gasteiger partial charge in [0.25, 0.3) is 0 Å². The van der Waals surface area contributed by atoms with Gasteiger partial charge in [0.2, 0.25) is 0 Å². The van der Waals surface area contributed by atoms with Gasteiger partial charge < -0.3 is 10.1 Å². The Kier molecular flexibility index (Phi) is 4.87. The molecule has 1 heterocycles. The molecule has 1 unspecified atom stereocenters. The minimum absolute atomic E-state index is 0.162. The molecule has 0 radical (unpaired) electrons. The molecular formula is C14H15F2NOS. The zero-order valence-electron chi connectivity index (χ0n) is 10.5. The molecule has 5 heteroatoms. The Morgan fingerprint density at radius 2 is 1.95 bits per heavy atom. The van der Waals surface area contributed by atoms with Crippen molar-refractivity contribution in [1.29, 1.82) is 0 Å². The highest BCUT2D eigenvalue weighted by Gasteiger charge is 2.11. The second kappa shape index (κ2) is 6.63. The Bertz CT molecular complexity index is 485. The Labute approximate surface area is 115 Å². The molecule has 0 spiro atoms. The third-order valence-electron chi connectivity index (χ3n) is 2.88. The summed E-state index contributed by atoms with van der Waals surface area (Å²) >= 11 is 1.67. The molecule has 1 atom stereocenters. The molecule has 0 aliphatic heterocycles. The van der Waals surface area contributed by atoms with Gasteiger partial charge in [0.1, 0.15) is 5.75 Å². The van der Waals surface area contributed by atoms with E-state index in [9.17, 15) is 8.78 Å². The number of benzene rings is 1. The SMILES string of the molecule is CNC(Cc1ccsc1)c1ccc(OC(F)F)cc1. The van der Waals surface area contributed by atoms with Gasteiger partial charge in [0.05, 0.1) is 0 Å². The van der Waals surface area contributed by atoms with E-state index < -0.39 is 6.61 Å². The number of rotatable bonds is 6. The molecule has 0 aliphatic carbocycles. The molecule has 2 nitrogen and oxygen atoms in total. The summed E-state index contributed by atoms with van der Waals surface area (Å²) in [7, 11) is 1.89. The first kappa shape index (κ1) is 14.0. The summed E-state index contributed by atoms with van der Waals surface area (Å²) in [6.07, 6.45) is 0.870. The number of nitrogens with one attached hydrogen (secondary N) is 1. The fourth-order valence-corrected chi connectivity index (χ4v) is 2.59. The van der Waals surface area contributed by atoms with Gasteiger partial charge in [0.15, 0.2) is 0 Å². The van der Waals surface area contributed by atoms with Crippen molar-refractivity contribution in [2.45, 2.75) is 19.1 Å².